The molecule has 38 heavy (non-hydrogen) atoms. The van der Waals surface area contributed by atoms with Crippen LogP contribution in [0, 0.1) is 0 Å². The van der Waals surface area contributed by atoms with E-state index >= 15 is 0 Å². The number of nitrogens with one attached hydrogen (secondary N) is 1. The van der Waals surface area contributed by atoms with Gasteiger partial charge in [0.1, 0.15) is 5.82 Å². The first-order valence-corrected chi connectivity index (χ1v) is 12.2. The predicted molar refractivity (Wildman–Crippen MR) is 137 cm³/mol. The molecular formula is C27H22ClF3N4O3. The molecule has 7 nitrogen and oxygen atoms in total. The van der Waals surface area contributed by atoms with E-state index in [2.05, 4.69) is 10.1 Å². The quantitative estimate of drug-likeness (QED) is 0.305. The van der Waals surface area contributed by atoms with Crippen LogP contribution in [0.25, 0.3) is 10.9 Å². The third-order valence-corrected chi connectivity index (χ3v) is 6.83. The van der Waals surface area contributed by atoms with Crippen molar-refractivity contribution in [2.24, 2.45) is 0 Å². The highest BCUT2D eigenvalue weighted by atomic mass is 35.5. The van der Waals surface area contributed by atoms with E-state index < -0.39 is 30.2 Å². The molecule has 0 spiro atoms. The molecule has 0 aliphatic carbocycles. The summed E-state index contributed by atoms with van der Waals surface area (Å²) in [7, 11) is 0. The van der Waals surface area contributed by atoms with Crippen molar-refractivity contribution in [1.29, 1.82) is 0 Å². The van der Waals surface area contributed by atoms with E-state index in [1.54, 1.807) is 18.2 Å². The molecule has 1 aliphatic heterocycles. The van der Waals surface area contributed by atoms with Crippen LogP contribution < -0.4 is 15.6 Å². The van der Waals surface area contributed by atoms with Crippen LogP contribution >= 0.6 is 11.6 Å². The molecule has 4 aromatic rings. The molecule has 2 atom stereocenters. The summed E-state index contributed by atoms with van der Waals surface area (Å²) < 4.78 is 44.5. The van der Waals surface area contributed by atoms with Crippen molar-refractivity contribution < 1.29 is 22.7 Å². The number of benzene rings is 3. The molecule has 5 rings (SSSR count). The number of urea groups is 1. The van der Waals surface area contributed by atoms with E-state index in [0.29, 0.717) is 29.7 Å². The molecule has 0 saturated carbocycles. The molecule has 0 fully saturated rings. The van der Waals surface area contributed by atoms with E-state index in [9.17, 15) is 22.8 Å². The largest absolute Gasteiger partial charge is 0.573 e. The van der Waals surface area contributed by atoms with E-state index in [1.807, 2.05) is 37.3 Å². The molecular weight excluding hydrogens is 521 g/mol. The van der Waals surface area contributed by atoms with Crippen LogP contribution in [-0.2, 0) is 6.54 Å². The van der Waals surface area contributed by atoms with E-state index in [0.717, 1.165) is 11.6 Å². The number of anilines is 1. The minimum absolute atomic E-state index is 0.145. The number of alkyl halides is 3. The number of rotatable bonds is 5. The summed E-state index contributed by atoms with van der Waals surface area (Å²) in [5.74, 6) is -0.162. The third kappa shape index (κ3) is 4.91. The van der Waals surface area contributed by atoms with Crippen molar-refractivity contribution in [2.75, 3.05) is 5.32 Å². The summed E-state index contributed by atoms with van der Waals surface area (Å²) >= 11 is 6.27. The Morgan fingerprint density at radius 2 is 1.82 bits per heavy atom. The van der Waals surface area contributed by atoms with Crippen molar-refractivity contribution in [2.45, 2.75) is 38.3 Å². The minimum Gasteiger partial charge on any atom is -0.404 e. The predicted octanol–water partition coefficient (Wildman–Crippen LogP) is 6.69. The monoisotopic (exact) mass is 542 g/mol. The molecule has 0 bridgehead atoms. The summed E-state index contributed by atoms with van der Waals surface area (Å²) in [6.07, 6.45) is -4.56. The zero-order chi connectivity index (χ0) is 27.0. The molecule has 3 aromatic carbocycles. The first-order valence-electron chi connectivity index (χ1n) is 11.8. The second kappa shape index (κ2) is 10.0. The van der Waals surface area contributed by atoms with Crippen LogP contribution in [0.3, 0.4) is 0 Å². The SMILES string of the molecule is CC(c1ccccc1)N(C(=O)Nc1ccccc1OC(F)(F)F)C1CCn2c1nc1cccc(Cl)c1c2=O. The molecule has 11 heteroatoms. The summed E-state index contributed by atoms with van der Waals surface area (Å²) in [6, 6.07) is 17.7. The standard InChI is InChI=1S/C27H22ClF3N4O3/c1-16(17-8-3-2-4-9-17)35(26(37)33-19-11-5-6-13-22(19)38-27(29,30)31)21-14-15-34-24(21)32-20-12-7-10-18(28)23(20)25(34)36/h2-13,16,21H,14-15H2,1H3,(H,33,37). The molecule has 1 aromatic heterocycles. The molecule has 2 heterocycles. The molecule has 196 valence electrons. The summed E-state index contributed by atoms with van der Waals surface area (Å²) in [5, 5.41) is 3.16. The molecule has 0 radical (unpaired) electrons. The normalized spacial score (nSPS) is 15.7. The smallest absolute Gasteiger partial charge is 0.404 e. The topological polar surface area (TPSA) is 76.5 Å². The van der Waals surface area contributed by atoms with Crippen LogP contribution in [0.5, 0.6) is 5.75 Å². The second-order valence-electron chi connectivity index (χ2n) is 8.83. The van der Waals surface area contributed by atoms with Crippen LogP contribution in [0.4, 0.5) is 23.7 Å². The lowest BCUT2D eigenvalue weighted by Crippen LogP contribution is -2.40. The maximum Gasteiger partial charge on any atom is 0.573 e. The van der Waals surface area contributed by atoms with Crippen molar-refractivity contribution in [3.63, 3.8) is 0 Å². The number of carbonyl (C=O) groups is 1. The van der Waals surface area contributed by atoms with Crippen LogP contribution in [0.15, 0.2) is 77.6 Å². The molecule has 2 unspecified atom stereocenters. The lowest BCUT2D eigenvalue weighted by Gasteiger charge is -2.34. The van der Waals surface area contributed by atoms with E-state index in [-0.39, 0.29) is 16.3 Å². The van der Waals surface area contributed by atoms with Gasteiger partial charge >= 0.3 is 12.4 Å². The van der Waals surface area contributed by atoms with Gasteiger partial charge in [-0.25, -0.2) is 9.78 Å². The molecule has 1 aliphatic rings. The van der Waals surface area contributed by atoms with Gasteiger partial charge < -0.3 is 15.0 Å². The number of fused-ring (bicyclic) bond motifs is 2. The van der Waals surface area contributed by atoms with Crippen molar-refractivity contribution in [1.82, 2.24) is 14.5 Å². The highest BCUT2D eigenvalue weighted by molar-refractivity contribution is 6.35. The number of para-hydroxylation sites is 2. The van der Waals surface area contributed by atoms with Gasteiger partial charge in [0.15, 0.2) is 5.75 Å². The fourth-order valence-electron chi connectivity index (χ4n) is 4.80. The van der Waals surface area contributed by atoms with E-state index in [4.69, 9.17) is 16.6 Å². The Morgan fingerprint density at radius 1 is 1.11 bits per heavy atom. The average molecular weight is 543 g/mol. The Labute approximate surface area is 220 Å². The van der Waals surface area contributed by atoms with Crippen molar-refractivity contribution in [3.05, 3.63) is 99.6 Å². The Balaban J connectivity index is 1.58. The van der Waals surface area contributed by atoms with Crippen LogP contribution in [0.2, 0.25) is 5.02 Å². The van der Waals surface area contributed by atoms with Gasteiger partial charge in [-0.2, -0.15) is 0 Å². The van der Waals surface area contributed by atoms with E-state index in [1.165, 1.54) is 27.7 Å². The number of nitrogens with zero attached hydrogens (tertiary/aromatic N) is 3. The van der Waals surface area contributed by atoms with Gasteiger partial charge in [0.2, 0.25) is 0 Å². The maximum absolute atomic E-state index is 13.8. The number of aromatic nitrogens is 2. The first-order chi connectivity index (χ1) is 18.1. The average Bonchev–Trinajstić information content (AvgIpc) is 3.29. The first kappa shape index (κ1) is 25.6. The number of halogens is 4. The van der Waals surface area contributed by atoms with Gasteiger partial charge in [-0.05, 0) is 43.2 Å². The zero-order valence-electron chi connectivity index (χ0n) is 20.1. The number of hydrogen-bond acceptors (Lipinski definition) is 4. The Bertz CT molecular complexity index is 1560. The fourth-order valence-corrected chi connectivity index (χ4v) is 5.05. The summed E-state index contributed by atoms with van der Waals surface area (Å²) in [6.45, 7) is 2.11. The van der Waals surface area contributed by atoms with Crippen LogP contribution in [-0.4, -0.2) is 26.8 Å². The van der Waals surface area contributed by atoms with Gasteiger partial charge in [-0.3, -0.25) is 9.36 Å². The summed E-state index contributed by atoms with van der Waals surface area (Å²) in [5.41, 5.74) is 0.743. The van der Waals surface area contributed by atoms with Crippen molar-refractivity contribution in [3.8, 4) is 5.75 Å². The maximum atomic E-state index is 13.8. The lowest BCUT2D eigenvalue weighted by molar-refractivity contribution is -0.274. The van der Waals surface area contributed by atoms with Gasteiger partial charge in [0.05, 0.1) is 33.7 Å². The minimum atomic E-state index is -4.93. The molecule has 2 amide bonds. The van der Waals surface area contributed by atoms with Crippen LogP contribution in [0.1, 0.15) is 36.8 Å². The lowest BCUT2D eigenvalue weighted by atomic mass is 10.0. The van der Waals surface area contributed by atoms with Gasteiger partial charge in [0, 0.05) is 6.54 Å². The molecule has 1 N–H and O–H groups in total. The Kier molecular flexibility index (Phi) is 6.75. The van der Waals surface area contributed by atoms with Gasteiger partial charge in [-0.15, -0.1) is 13.2 Å². The number of hydrogen-bond donors (Lipinski definition) is 1. The highest BCUT2D eigenvalue weighted by Gasteiger charge is 2.38. The Morgan fingerprint density at radius 3 is 2.55 bits per heavy atom. The molecule has 0 saturated heterocycles. The summed E-state index contributed by atoms with van der Waals surface area (Å²) in [4.78, 5) is 33.3. The number of carbonyl (C=O) groups excluding carboxylic acids is 1. The second-order valence-corrected chi connectivity index (χ2v) is 9.24. The third-order valence-electron chi connectivity index (χ3n) is 6.51. The van der Waals surface area contributed by atoms with Gasteiger partial charge in [0.25, 0.3) is 5.56 Å². The highest BCUT2D eigenvalue weighted by Crippen LogP contribution is 2.38. The number of amides is 2. The zero-order valence-corrected chi connectivity index (χ0v) is 20.8. The number of ether oxygens (including phenoxy) is 1. The Hall–Kier alpha value is -4.05. The van der Waals surface area contributed by atoms with Crippen molar-refractivity contribution >= 4 is 34.2 Å². The fraction of sp³-hybridized carbons (Fsp3) is 0.222. The van der Waals surface area contributed by atoms with Gasteiger partial charge in [-0.1, -0.05) is 60.1 Å².